The van der Waals surface area contributed by atoms with E-state index in [0.29, 0.717) is 0 Å². The molecule has 0 saturated heterocycles. The monoisotopic (exact) mass is 109 g/mol. The molecule has 0 heterocycles. The van der Waals surface area contributed by atoms with Crippen LogP contribution in [0.15, 0.2) is 0 Å². The summed E-state index contributed by atoms with van der Waals surface area (Å²) in [4.78, 5) is 8.80. The molecule has 1 atom stereocenters. The van der Waals surface area contributed by atoms with E-state index < -0.39 is 10.4 Å². The van der Waals surface area contributed by atoms with E-state index >= 15 is 0 Å². The van der Waals surface area contributed by atoms with Crippen molar-refractivity contribution in [3.05, 3.63) is 10.1 Å². The van der Waals surface area contributed by atoms with Crippen molar-refractivity contribution in [3.63, 3.8) is 0 Å². The lowest BCUT2D eigenvalue weighted by Gasteiger charge is -1.85. The standard InChI is InChI=1S/C2H4ClNO2/c1-2(3)4(5)6/h2H,1H3. The fourth-order valence-electron chi connectivity index (χ4n) is 0. The number of hydrogen-bond acceptors (Lipinski definition) is 2. The van der Waals surface area contributed by atoms with E-state index in [2.05, 4.69) is 0 Å². The van der Waals surface area contributed by atoms with Gasteiger partial charge in [-0.3, -0.25) is 10.1 Å². The Bertz CT molecular complexity index is 62.6. The molecule has 0 spiro atoms. The Kier molecular flexibility index (Phi) is 1.87. The molecule has 0 aromatic carbocycles. The summed E-state index contributed by atoms with van der Waals surface area (Å²) < 4.78 is 0. The Morgan fingerprint density at radius 1 is 2.00 bits per heavy atom. The van der Waals surface area contributed by atoms with Crippen LogP contribution in [0.4, 0.5) is 0 Å². The second-order valence-electron chi connectivity index (χ2n) is 0.859. The van der Waals surface area contributed by atoms with Gasteiger partial charge >= 0.3 is 0 Å². The second kappa shape index (κ2) is 1.97. The molecule has 0 aliphatic carbocycles. The number of nitrogens with zero attached hydrogens (tertiary/aromatic N) is 1. The minimum atomic E-state index is -0.954. The largest absolute Gasteiger partial charge is 0.283 e. The average Bonchev–Trinajstić information content (AvgIpc) is 1.36. The maximum Gasteiger partial charge on any atom is 0.283 e. The van der Waals surface area contributed by atoms with E-state index in [1.54, 1.807) is 0 Å². The van der Waals surface area contributed by atoms with Crippen LogP contribution in [0.5, 0.6) is 0 Å². The fourth-order valence-corrected chi connectivity index (χ4v) is 0. The molecule has 4 heteroatoms. The molecule has 0 bridgehead atoms. The lowest BCUT2D eigenvalue weighted by atomic mass is 10.8. The lowest BCUT2D eigenvalue weighted by Crippen LogP contribution is -2.04. The average molecular weight is 110 g/mol. The van der Waals surface area contributed by atoms with Gasteiger partial charge in [-0.2, -0.15) is 0 Å². The molecule has 0 saturated carbocycles. The molecule has 0 aliphatic rings. The maximum absolute atomic E-state index is 9.37. The first kappa shape index (κ1) is 5.69. The Morgan fingerprint density at radius 2 is 2.17 bits per heavy atom. The first-order valence-electron chi connectivity index (χ1n) is 1.42. The summed E-state index contributed by atoms with van der Waals surface area (Å²) >= 11 is 4.91. The van der Waals surface area contributed by atoms with E-state index in [1.165, 1.54) is 6.92 Å². The zero-order valence-corrected chi connectivity index (χ0v) is 3.97. The van der Waals surface area contributed by atoms with Crippen LogP contribution in [-0.2, 0) is 0 Å². The summed E-state index contributed by atoms with van der Waals surface area (Å²) in [5, 5.41) is 9.37. The Labute approximate surface area is 40.1 Å². The van der Waals surface area contributed by atoms with E-state index in [-0.39, 0.29) is 0 Å². The summed E-state index contributed by atoms with van der Waals surface area (Å²) in [6.45, 7) is 1.31. The highest BCUT2D eigenvalue weighted by atomic mass is 35.5. The first-order valence-corrected chi connectivity index (χ1v) is 1.86. The van der Waals surface area contributed by atoms with Gasteiger partial charge in [0.25, 0.3) is 5.50 Å². The van der Waals surface area contributed by atoms with Crippen LogP contribution in [0.25, 0.3) is 0 Å². The highest BCUT2D eigenvalue weighted by molar-refractivity contribution is 6.19. The SMILES string of the molecule is CC(Cl)[N+](=O)[O-]. The third-order valence-corrected chi connectivity index (χ3v) is 0.450. The van der Waals surface area contributed by atoms with Crippen LogP contribution >= 0.6 is 11.6 Å². The van der Waals surface area contributed by atoms with Gasteiger partial charge in [0.05, 0.1) is 0 Å². The van der Waals surface area contributed by atoms with E-state index in [1.807, 2.05) is 0 Å². The van der Waals surface area contributed by atoms with Crippen molar-refractivity contribution >= 4 is 11.6 Å². The number of alkyl halides is 1. The third-order valence-electron chi connectivity index (χ3n) is 0.291. The van der Waals surface area contributed by atoms with Crippen molar-refractivity contribution < 1.29 is 4.92 Å². The van der Waals surface area contributed by atoms with Gasteiger partial charge in [0, 0.05) is 11.8 Å². The summed E-state index contributed by atoms with van der Waals surface area (Å²) in [7, 11) is 0. The molecule has 0 aromatic heterocycles. The number of nitro groups is 1. The quantitative estimate of drug-likeness (QED) is 0.217. The highest BCUT2D eigenvalue weighted by Gasteiger charge is 2.02. The number of halogens is 1. The third kappa shape index (κ3) is 1.96. The normalized spacial score (nSPS) is 13.7. The molecule has 0 fully saturated rings. The van der Waals surface area contributed by atoms with Crippen LogP contribution < -0.4 is 0 Å². The Balaban J connectivity index is 3.26. The first-order chi connectivity index (χ1) is 2.64. The molecule has 1 unspecified atom stereocenters. The zero-order chi connectivity index (χ0) is 5.15. The summed E-state index contributed by atoms with van der Waals surface area (Å²) in [6.07, 6.45) is 0. The van der Waals surface area contributed by atoms with Crippen LogP contribution in [0.2, 0.25) is 0 Å². The van der Waals surface area contributed by atoms with Crippen molar-refractivity contribution in [2.75, 3.05) is 0 Å². The predicted octanol–water partition coefficient (Wildman–Crippen LogP) is 0.848. The fraction of sp³-hybridized carbons (Fsp3) is 1.00. The smallest absolute Gasteiger partial charge is 0.263 e. The van der Waals surface area contributed by atoms with Crippen LogP contribution in [-0.4, -0.2) is 10.4 Å². The molecule has 0 aliphatic heterocycles. The Morgan fingerprint density at radius 3 is 2.17 bits per heavy atom. The van der Waals surface area contributed by atoms with Gasteiger partial charge in [0.1, 0.15) is 0 Å². The van der Waals surface area contributed by atoms with Crippen LogP contribution in [0.3, 0.4) is 0 Å². The number of hydrogen-bond donors (Lipinski definition) is 0. The van der Waals surface area contributed by atoms with Crippen LogP contribution in [0.1, 0.15) is 6.92 Å². The zero-order valence-electron chi connectivity index (χ0n) is 3.22. The molecule has 0 radical (unpaired) electrons. The topological polar surface area (TPSA) is 43.1 Å². The number of rotatable bonds is 1. The van der Waals surface area contributed by atoms with Gasteiger partial charge < -0.3 is 0 Å². The van der Waals surface area contributed by atoms with Gasteiger partial charge in [-0.25, -0.2) is 0 Å². The summed E-state index contributed by atoms with van der Waals surface area (Å²) in [6, 6.07) is 0. The Hall–Kier alpha value is -0.310. The van der Waals surface area contributed by atoms with E-state index in [4.69, 9.17) is 11.6 Å². The molecule has 3 nitrogen and oxygen atoms in total. The summed E-state index contributed by atoms with van der Waals surface area (Å²) in [5.74, 6) is 0. The van der Waals surface area contributed by atoms with Gasteiger partial charge in [0.15, 0.2) is 0 Å². The van der Waals surface area contributed by atoms with Crippen LogP contribution in [0, 0.1) is 10.1 Å². The van der Waals surface area contributed by atoms with Gasteiger partial charge in [0.2, 0.25) is 0 Å². The minimum absolute atomic E-state index is 0.568. The van der Waals surface area contributed by atoms with Crippen molar-refractivity contribution in [3.8, 4) is 0 Å². The highest BCUT2D eigenvalue weighted by Crippen LogP contribution is 1.90. The second-order valence-corrected chi connectivity index (χ2v) is 1.49. The van der Waals surface area contributed by atoms with Gasteiger partial charge in [-0.15, -0.1) is 0 Å². The molecule has 36 valence electrons. The van der Waals surface area contributed by atoms with Crippen molar-refractivity contribution in [2.45, 2.75) is 12.4 Å². The molecule has 0 amide bonds. The predicted molar refractivity (Wildman–Crippen MR) is 22.3 cm³/mol. The summed E-state index contributed by atoms with van der Waals surface area (Å²) in [5.41, 5.74) is -0.954. The maximum atomic E-state index is 9.37. The molecule has 6 heavy (non-hydrogen) atoms. The molecule has 0 N–H and O–H groups in total. The molecular weight excluding hydrogens is 105 g/mol. The van der Waals surface area contributed by atoms with E-state index in [9.17, 15) is 10.1 Å². The molecule has 0 aromatic rings. The van der Waals surface area contributed by atoms with Gasteiger partial charge in [-0.1, -0.05) is 0 Å². The van der Waals surface area contributed by atoms with E-state index in [0.717, 1.165) is 0 Å². The lowest BCUT2D eigenvalue weighted by molar-refractivity contribution is -0.493. The molecule has 0 rings (SSSR count). The molecular formula is C2H4ClNO2. The van der Waals surface area contributed by atoms with Crippen molar-refractivity contribution in [2.24, 2.45) is 0 Å². The van der Waals surface area contributed by atoms with Crippen molar-refractivity contribution in [1.29, 1.82) is 0 Å². The van der Waals surface area contributed by atoms with Gasteiger partial charge in [-0.05, 0) is 11.6 Å². The minimum Gasteiger partial charge on any atom is -0.263 e. The van der Waals surface area contributed by atoms with Crippen molar-refractivity contribution in [1.82, 2.24) is 0 Å².